The van der Waals surface area contributed by atoms with E-state index in [-0.39, 0.29) is 5.91 Å². The number of aromatic nitrogens is 1. The second-order valence-corrected chi connectivity index (χ2v) is 10.0. The fourth-order valence-corrected chi connectivity index (χ4v) is 4.82. The molecule has 0 aliphatic heterocycles. The number of nitrogens with one attached hydrogen (secondary N) is 1. The minimum Gasteiger partial charge on any atom is -0.455 e. The summed E-state index contributed by atoms with van der Waals surface area (Å²) in [5.41, 5.74) is 9.38. The van der Waals surface area contributed by atoms with Gasteiger partial charge in [-0.3, -0.25) is 4.79 Å². The van der Waals surface area contributed by atoms with E-state index in [1.165, 1.54) is 6.21 Å². The molecule has 0 fully saturated rings. The number of furan rings is 1. The van der Waals surface area contributed by atoms with Gasteiger partial charge in [0.25, 0.3) is 5.91 Å². The summed E-state index contributed by atoms with van der Waals surface area (Å²) in [6.07, 6.45) is 1.49. The third kappa shape index (κ3) is 5.44. The van der Waals surface area contributed by atoms with Crippen LogP contribution in [0.1, 0.15) is 16.1 Å². The van der Waals surface area contributed by atoms with Crippen LogP contribution in [0.3, 0.4) is 0 Å². The van der Waals surface area contributed by atoms with Crippen molar-refractivity contribution in [3.63, 3.8) is 0 Å². The van der Waals surface area contributed by atoms with Gasteiger partial charge < -0.3 is 8.98 Å². The molecule has 6 rings (SSSR count). The molecule has 0 radical (unpaired) electrons. The summed E-state index contributed by atoms with van der Waals surface area (Å²) in [6, 6.07) is 43.9. The van der Waals surface area contributed by atoms with Crippen molar-refractivity contribution in [2.45, 2.75) is 0 Å². The first-order valence-electron chi connectivity index (χ1n) is 12.8. The molecule has 194 valence electrons. The van der Waals surface area contributed by atoms with Gasteiger partial charge in [0.05, 0.1) is 17.6 Å². The summed E-state index contributed by atoms with van der Waals surface area (Å²) >= 11 is 3.44. The monoisotopic (exact) mass is 585 g/mol. The molecule has 0 unspecified atom stereocenters. The van der Waals surface area contributed by atoms with Crippen LogP contribution in [0.25, 0.3) is 39.5 Å². The van der Waals surface area contributed by atoms with E-state index >= 15 is 0 Å². The third-order valence-electron chi connectivity index (χ3n) is 6.52. The molecule has 0 bridgehead atoms. The second-order valence-electron chi connectivity index (χ2n) is 9.13. The summed E-state index contributed by atoms with van der Waals surface area (Å²) in [4.78, 5) is 12.8. The topological polar surface area (TPSA) is 59.5 Å². The predicted molar refractivity (Wildman–Crippen MR) is 164 cm³/mol. The Morgan fingerprint density at radius 3 is 1.88 bits per heavy atom. The number of halogens is 1. The summed E-state index contributed by atoms with van der Waals surface area (Å²) in [5.74, 6) is 0.968. The van der Waals surface area contributed by atoms with E-state index in [2.05, 4.69) is 67.4 Å². The number of nitrogens with zero attached hydrogens (tertiary/aromatic N) is 2. The minimum atomic E-state index is -0.304. The van der Waals surface area contributed by atoms with E-state index in [9.17, 15) is 4.79 Å². The largest absolute Gasteiger partial charge is 0.455 e. The number of carbonyl (C=O) groups excluding carboxylic acids is 1. The van der Waals surface area contributed by atoms with Crippen LogP contribution in [0.15, 0.2) is 147 Å². The summed E-state index contributed by atoms with van der Waals surface area (Å²) < 4.78 is 9.05. The van der Waals surface area contributed by atoms with E-state index in [1.54, 1.807) is 0 Å². The van der Waals surface area contributed by atoms with E-state index in [4.69, 9.17) is 4.42 Å². The van der Waals surface area contributed by atoms with Gasteiger partial charge in [0.2, 0.25) is 0 Å². The Kier molecular flexibility index (Phi) is 7.24. The van der Waals surface area contributed by atoms with Crippen LogP contribution < -0.4 is 5.43 Å². The lowest BCUT2D eigenvalue weighted by Gasteiger charge is -2.15. The number of amides is 1. The van der Waals surface area contributed by atoms with Crippen molar-refractivity contribution in [3.05, 3.63) is 149 Å². The van der Waals surface area contributed by atoms with E-state index in [0.717, 1.165) is 44.0 Å². The number of carbonyl (C=O) groups is 1. The van der Waals surface area contributed by atoms with Crippen LogP contribution in [-0.4, -0.2) is 16.7 Å². The molecule has 0 saturated carbocycles. The Morgan fingerprint density at radius 1 is 0.675 bits per heavy atom. The fourth-order valence-electron chi connectivity index (χ4n) is 4.56. The Bertz CT molecular complexity index is 1710. The summed E-state index contributed by atoms with van der Waals surface area (Å²) in [6.45, 7) is 0. The summed E-state index contributed by atoms with van der Waals surface area (Å²) in [7, 11) is 0. The van der Waals surface area contributed by atoms with Gasteiger partial charge in [0.15, 0.2) is 0 Å². The molecular formula is C34H24BrN3O2. The van der Waals surface area contributed by atoms with Gasteiger partial charge in [-0.15, -0.1) is 0 Å². The number of rotatable bonds is 7. The average molecular weight is 586 g/mol. The highest BCUT2D eigenvalue weighted by Gasteiger charge is 2.14. The first-order valence-corrected chi connectivity index (χ1v) is 13.6. The quantitative estimate of drug-likeness (QED) is 0.150. The van der Waals surface area contributed by atoms with Crippen molar-refractivity contribution >= 4 is 28.1 Å². The van der Waals surface area contributed by atoms with Gasteiger partial charge in [0.1, 0.15) is 11.5 Å². The molecular weight excluding hydrogens is 562 g/mol. The minimum absolute atomic E-state index is 0.304. The highest BCUT2D eigenvalue weighted by Crippen LogP contribution is 2.32. The number of hydrazone groups is 1. The van der Waals surface area contributed by atoms with Crippen LogP contribution >= 0.6 is 15.9 Å². The van der Waals surface area contributed by atoms with Crippen molar-refractivity contribution in [1.82, 2.24) is 9.99 Å². The molecule has 0 atom stereocenters. The van der Waals surface area contributed by atoms with E-state index in [1.807, 2.05) is 97.1 Å². The van der Waals surface area contributed by atoms with Gasteiger partial charge in [-0.05, 0) is 71.8 Å². The number of hydrogen-bond acceptors (Lipinski definition) is 3. The molecule has 0 aliphatic rings. The molecule has 0 saturated heterocycles. The maximum atomic E-state index is 12.8. The summed E-state index contributed by atoms with van der Waals surface area (Å²) in [5, 5.41) is 4.09. The molecule has 2 heterocycles. The van der Waals surface area contributed by atoms with Crippen molar-refractivity contribution in [1.29, 1.82) is 0 Å². The molecule has 6 aromatic rings. The Balaban J connectivity index is 1.21. The first-order chi connectivity index (χ1) is 19.7. The number of hydrogen-bond donors (Lipinski definition) is 1. The Morgan fingerprint density at radius 2 is 1.27 bits per heavy atom. The second kappa shape index (κ2) is 11.4. The van der Waals surface area contributed by atoms with Crippen LogP contribution in [-0.2, 0) is 0 Å². The molecule has 40 heavy (non-hydrogen) atoms. The molecule has 6 heteroatoms. The first kappa shape index (κ1) is 25.3. The molecule has 5 nitrogen and oxygen atoms in total. The van der Waals surface area contributed by atoms with E-state index < -0.39 is 0 Å². The zero-order valence-corrected chi connectivity index (χ0v) is 23.0. The molecule has 4 aromatic carbocycles. The molecule has 1 N–H and O–H groups in total. The predicted octanol–water partition coefficient (Wildman–Crippen LogP) is 8.60. The van der Waals surface area contributed by atoms with Gasteiger partial charge >= 0.3 is 0 Å². The van der Waals surface area contributed by atoms with Crippen LogP contribution in [0.2, 0.25) is 0 Å². The van der Waals surface area contributed by atoms with Crippen molar-refractivity contribution in [2.75, 3.05) is 0 Å². The van der Waals surface area contributed by atoms with Gasteiger partial charge in [-0.1, -0.05) is 88.7 Å². The smallest absolute Gasteiger partial charge is 0.271 e. The van der Waals surface area contributed by atoms with Gasteiger partial charge in [-0.25, -0.2) is 5.43 Å². The van der Waals surface area contributed by atoms with Crippen LogP contribution in [0.4, 0.5) is 0 Å². The fraction of sp³-hybridized carbons (Fsp3) is 0. The lowest BCUT2D eigenvalue weighted by atomic mass is 10.1. The standard InChI is InChI=1S/C34H24BrN3O2/c35-28-15-11-26(12-16-28)33-22-19-30(40-33)23-36-37-34(39)27-13-17-29(18-14-27)38-31(24-7-3-1-4-8-24)20-21-32(38)25-9-5-2-6-10-25/h1-23H,(H,37,39)/b36-23-. The molecule has 1 amide bonds. The Hall–Kier alpha value is -4.94. The maximum absolute atomic E-state index is 12.8. The van der Waals surface area contributed by atoms with Crippen molar-refractivity contribution in [2.24, 2.45) is 5.10 Å². The average Bonchev–Trinajstić information content (AvgIpc) is 3.67. The third-order valence-corrected chi connectivity index (χ3v) is 7.05. The van der Waals surface area contributed by atoms with Crippen molar-refractivity contribution < 1.29 is 9.21 Å². The molecule has 0 spiro atoms. The zero-order valence-electron chi connectivity index (χ0n) is 21.4. The zero-order chi connectivity index (χ0) is 27.3. The Labute approximate surface area is 240 Å². The highest BCUT2D eigenvalue weighted by atomic mass is 79.9. The number of benzene rings is 4. The molecule has 0 aliphatic carbocycles. The SMILES string of the molecule is O=C(N/N=C\c1ccc(-c2ccc(Br)cc2)o1)c1ccc(-n2c(-c3ccccc3)ccc2-c2ccccc2)cc1. The highest BCUT2D eigenvalue weighted by molar-refractivity contribution is 9.10. The van der Waals surface area contributed by atoms with E-state index in [0.29, 0.717) is 11.3 Å². The molecule has 2 aromatic heterocycles. The van der Waals surface area contributed by atoms with Crippen LogP contribution in [0.5, 0.6) is 0 Å². The van der Waals surface area contributed by atoms with Crippen molar-refractivity contribution in [3.8, 4) is 39.5 Å². The lowest BCUT2D eigenvalue weighted by Crippen LogP contribution is -2.17. The van der Waals surface area contributed by atoms with Crippen LogP contribution in [0, 0.1) is 0 Å². The van der Waals surface area contributed by atoms with Gasteiger partial charge in [0, 0.05) is 21.3 Å². The van der Waals surface area contributed by atoms with Gasteiger partial charge in [-0.2, -0.15) is 5.10 Å². The lowest BCUT2D eigenvalue weighted by molar-refractivity contribution is 0.0955. The normalized spacial score (nSPS) is 11.1. The maximum Gasteiger partial charge on any atom is 0.271 e.